The molecule has 0 radical (unpaired) electrons. The molecule has 0 aliphatic rings. The largest absolute Gasteiger partial charge is 0.417 e. The lowest BCUT2D eigenvalue weighted by Crippen LogP contribution is -2.34. The SMILES string of the molecule is CCN(CC)Cc1c(C(F)(F)F)cc(-c2ccc(-c3ccc(S(C)(=O)=O)cc3)s2)n(Cc2ccc(F)cc2F)c1=O. The predicted molar refractivity (Wildman–Crippen MR) is 150 cm³/mol. The van der Waals surface area contributed by atoms with Gasteiger partial charge in [0.25, 0.3) is 5.56 Å². The molecule has 41 heavy (non-hydrogen) atoms. The van der Waals surface area contributed by atoms with Crippen LogP contribution in [-0.4, -0.2) is 37.2 Å². The van der Waals surface area contributed by atoms with Crippen LogP contribution in [0.15, 0.2) is 70.4 Å². The Morgan fingerprint density at radius 2 is 1.54 bits per heavy atom. The van der Waals surface area contributed by atoms with E-state index in [9.17, 15) is 35.2 Å². The zero-order chi connectivity index (χ0) is 30.1. The minimum atomic E-state index is -4.84. The lowest BCUT2D eigenvalue weighted by atomic mass is 10.0. The van der Waals surface area contributed by atoms with E-state index in [2.05, 4.69) is 0 Å². The van der Waals surface area contributed by atoms with E-state index in [1.165, 1.54) is 12.1 Å². The summed E-state index contributed by atoms with van der Waals surface area (Å²) in [5.41, 5.74) is -1.96. The first-order valence-electron chi connectivity index (χ1n) is 12.6. The number of nitrogens with zero attached hydrogens (tertiary/aromatic N) is 2. The number of hydrogen-bond acceptors (Lipinski definition) is 5. The average molecular weight is 611 g/mol. The highest BCUT2D eigenvalue weighted by atomic mass is 32.2. The Kier molecular flexibility index (Phi) is 8.86. The van der Waals surface area contributed by atoms with Crippen molar-refractivity contribution in [2.45, 2.75) is 38.0 Å². The Morgan fingerprint density at radius 1 is 0.902 bits per heavy atom. The Labute approximate surface area is 238 Å². The molecule has 0 atom stereocenters. The van der Waals surface area contributed by atoms with Gasteiger partial charge in [-0.15, -0.1) is 11.3 Å². The molecule has 0 N–H and O–H groups in total. The van der Waals surface area contributed by atoms with Crippen molar-refractivity contribution in [3.05, 3.63) is 99.3 Å². The molecule has 0 aliphatic heterocycles. The van der Waals surface area contributed by atoms with Crippen molar-refractivity contribution in [3.63, 3.8) is 0 Å². The smallest absolute Gasteiger partial charge is 0.303 e. The van der Waals surface area contributed by atoms with Gasteiger partial charge in [-0.3, -0.25) is 9.69 Å². The maximum Gasteiger partial charge on any atom is 0.417 e. The first kappa shape index (κ1) is 30.6. The quantitative estimate of drug-likeness (QED) is 0.195. The zero-order valence-electron chi connectivity index (χ0n) is 22.4. The fourth-order valence-electron chi connectivity index (χ4n) is 4.44. The minimum absolute atomic E-state index is 0.0589. The summed E-state index contributed by atoms with van der Waals surface area (Å²) in [7, 11) is -3.42. The van der Waals surface area contributed by atoms with Crippen molar-refractivity contribution in [2.75, 3.05) is 19.3 Å². The summed E-state index contributed by atoms with van der Waals surface area (Å²) < 4.78 is 95.9. The molecule has 4 aromatic rings. The van der Waals surface area contributed by atoms with Crippen LogP contribution in [0.3, 0.4) is 0 Å². The number of aromatic nitrogens is 1. The summed E-state index contributed by atoms with van der Waals surface area (Å²) >= 11 is 1.10. The number of halogens is 5. The number of pyridine rings is 1. The van der Waals surface area contributed by atoms with E-state index in [1.807, 2.05) is 0 Å². The fourth-order valence-corrected chi connectivity index (χ4v) is 6.11. The van der Waals surface area contributed by atoms with E-state index in [0.29, 0.717) is 34.5 Å². The third-order valence-corrected chi connectivity index (χ3v) is 9.04. The molecule has 4 rings (SSSR count). The van der Waals surface area contributed by atoms with Crippen molar-refractivity contribution in [1.82, 2.24) is 9.47 Å². The highest BCUT2D eigenvalue weighted by Gasteiger charge is 2.37. The molecule has 5 nitrogen and oxygen atoms in total. The fraction of sp³-hybridized carbons (Fsp3) is 0.276. The van der Waals surface area contributed by atoms with E-state index in [4.69, 9.17) is 0 Å². The van der Waals surface area contributed by atoms with Crippen LogP contribution in [0.1, 0.15) is 30.5 Å². The van der Waals surface area contributed by atoms with Crippen LogP contribution in [0.2, 0.25) is 0 Å². The number of thiophene rings is 1. The number of hydrogen-bond donors (Lipinski definition) is 0. The van der Waals surface area contributed by atoms with Crippen LogP contribution >= 0.6 is 11.3 Å². The molecule has 2 heterocycles. The lowest BCUT2D eigenvalue weighted by molar-refractivity contribution is -0.138. The third-order valence-electron chi connectivity index (χ3n) is 6.75. The van der Waals surface area contributed by atoms with Crippen LogP contribution in [0, 0.1) is 11.6 Å². The van der Waals surface area contributed by atoms with E-state index >= 15 is 0 Å². The van der Waals surface area contributed by atoms with E-state index in [-0.39, 0.29) is 22.7 Å². The normalized spacial score (nSPS) is 12.3. The molecule has 0 fully saturated rings. The Morgan fingerprint density at radius 3 is 2.10 bits per heavy atom. The Bertz CT molecular complexity index is 1720. The minimum Gasteiger partial charge on any atom is -0.303 e. The summed E-state index contributed by atoms with van der Waals surface area (Å²) in [6, 6.07) is 13.0. The number of alkyl halides is 3. The number of sulfone groups is 1. The zero-order valence-corrected chi connectivity index (χ0v) is 24.1. The van der Waals surface area contributed by atoms with Gasteiger partial charge in [0.15, 0.2) is 9.84 Å². The second kappa shape index (κ2) is 11.9. The molecule has 0 spiro atoms. The lowest BCUT2D eigenvalue weighted by Gasteiger charge is -2.23. The predicted octanol–water partition coefficient (Wildman–Crippen LogP) is 6.83. The van der Waals surface area contributed by atoms with Crippen molar-refractivity contribution in [1.29, 1.82) is 0 Å². The number of benzene rings is 2. The van der Waals surface area contributed by atoms with Gasteiger partial charge in [0.1, 0.15) is 11.6 Å². The molecule has 0 saturated heterocycles. The van der Waals surface area contributed by atoms with Crippen LogP contribution in [0.25, 0.3) is 21.0 Å². The van der Waals surface area contributed by atoms with Gasteiger partial charge >= 0.3 is 6.18 Å². The summed E-state index contributed by atoms with van der Waals surface area (Å²) in [5, 5.41) is 0. The van der Waals surface area contributed by atoms with Gasteiger partial charge in [-0.05, 0) is 55.1 Å². The van der Waals surface area contributed by atoms with Gasteiger partial charge in [-0.2, -0.15) is 13.2 Å². The van der Waals surface area contributed by atoms with Crippen LogP contribution in [-0.2, 0) is 29.1 Å². The molecule has 0 bridgehead atoms. The summed E-state index contributed by atoms with van der Waals surface area (Å²) in [5.74, 6) is -1.75. The standard InChI is InChI=1S/C29H27F5N2O3S2/c1-4-35(5-2)17-22-23(29(32,33)34)15-25(36(28(22)37)16-19-6-9-20(30)14-24(19)31)27-13-12-26(40-27)18-7-10-21(11-8-18)41(3,38)39/h6-15H,4-5,16-17H2,1-3H3. The van der Waals surface area contributed by atoms with Gasteiger partial charge in [-0.25, -0.2) is 17.2 Å². The van der Waals surface area contributed by atoms with Gasteiger partial charge in [-0.1, -0.05) is 32.0 Å². The van der Waals surface area contributed by atoms with Gasteiger partial charge in [0.2, 0.25) is 0 Å². The van der Waals surface area contributed by atoms with Crippen molar-refractivity contribution in [2.24, 2.45) is 0 Å². The second-order valence-electron chi connectivity index (χ2n) is 9.47. The molecular formula is C29H27F5N2O3S2. The molecule has 2 aromatic heterocycles. The highest BCUT2D eigenvalue weighted by Crippen LogP contribution is 2.38. The van der Waals surface area contributed by atoms with Crippen molar-refractivity contribution >= 4 is 21.2 Å². The maximum absolute atomic E-state index is 14.6. The van der Waals surface area contributed by atoms with E-state index < -0.39 is 50.9 Å². The van der Waals surface area contributed by atoms with Gasteiger partial charge in [0, 0.05) is 34.9 Å². The molecule has 0 amide bonds. The molecule has 12 heteroatoms. The molecule has 2 aromatic carbocycles. The van der Waals surface area contributed by atoms with Crippen LogP contribution < -0.4 is 5.56 Å². The summed E-state index contributed by atoms with van der Waals surface area (Å²) in [6.45, 7) is 3.69. The first-order valence-corrected chi connectivity index (χ1v) is 15.3. The van der Waals surface area contributed by atoms with Crippen molar-refractivity contribution < 1.29 is 30.4 Å². The number of rotatable bonds is 9. The van der Waals surface area contributed by atoms with Gasteiger partial charge in [0.05, 0.1) is 27.6 Å². The first-order chi connectivity index (χ1) is 19.2. The Balaban J connectivity index is 1.92. The molecule has 0 saturated carbocycles. The molecule has 0 unspecified atom stereocenters. The maximum atomic E-state index is 14.6. The Hall–Kier alpha value is -3.35. The third kappa shape index (κ3) is 6.77. The summed E-state index contributed by atoms with van der Waals surface area (Å²) in [6.07, 6.45) is -3.76. The average Bonchev–Trinajstić information content (AvgIpc) is 3.39. The molecular weight excluding hydrogens is 583 g/mol. The monoisotopic (exact) mass is 610 g/mol. The molecule has 0 aliphatic carbocycles. The highest BCUT2D eigenvalue weighted by molar-refractivity contribution is 7.90. The topological polar surface area (TPSA) is 59.4 Å². The second-order valence-corrected chi connectivity index (χ2v) is 12.6. The molecule has 218 valence electrons. The summed E-state index contributed by atoms with van der Waals surface area (Å²) in [4.78, 5) is 16.5. The van der Waals surface area contributed by atoms with E-state index in [0.717, 1.165) is 40.4 Å². The van der Waals surface area contributed by atoms with Gasteiger partial charge < -0.3 is 4.57 Å². The van der Waals surface area contributed by atoms with Crippen molar-refractivity contribution in [3.8, 4) is 21.0 Å². The van der Waals surface area contributed by atoms with Crippen LogP contribution in [0.5, 0.6) is 0 Å². The van der Waals surface area contributed by atoms with Crippen LogP contribution in [0.4, 0.5) is 22.0 Å². The van der Waals surface area contributed by atoms with E-state index in [1.54, 1.807) is 43.0 Å².